The summed E-state index contributed by atoms with van der Waals surface area (Å²) < 4.78 is 4.01. The first-order chi connectivity index (χ1) is 4.22. The van der Waals surface area contributed by atoms with Crippen LogP contribution in [0.1, 0.15) is 29.7 Å². The third kappa shape index (κ3) is 145. The molecule has 0 aliphatic rings. The Bertz CT molecular complexity index is 95.7. The smallest absolute Gasteiger partial charge is 1.00 e. The molecular weight excluding hydrogens is 343 g/mol. The van der Waals surface area contributed by atoms with Crippen molar-refractivity contribution in [1.29, 1.82) is 0 Å². The second kappa shape index (κ2) is 96.5. The van der Waals surface area contributed by atoms with Gasteiger partial charge in [-0.3, -0.25) is 0 Å². The van der Waals surface area contributed by atoms with Gasteiger partial charge in [-0.05, 0) is 0 Å². The standard InChI is InChI=1S/C3H6O3.CHO2.4CH4.2Ca.2ClH.H2O/c1-6-3(5)2-4;2-1-3;;;;;;;;;/h4H,2H2,1H3;(H,2,3);4*1H4;;;2*1H;1H2/q;-1;;;;;2*+2;;;/p-3. The van der Waals surface area contributed by atoms with Gasteiger partial charge < -0.3 is 50.0 Å². The Kier molecular flexibility index (Phi) is 479. The number of hydrogen-bond donors (Lipinski definition) is 2. The van der Waals surface area contributed by atoms with Crippen LogP contribution in [0.4, 0.5) is 0 Å². The van der Waals surface area contributed by atoms with Gasteiger partial charge in [0.05, 0.1) is 7.11 Å². The van der Waals surface area contributed by atoms with E-state index in [1.807, 2.05) is 0 Å². The fourth-order valence-corrected chi connectivity index (χ4v) is 0.0645. The Labute approximate surface area is 183 Å². The largest absolute Gasteiger partial charge is 2.00 e. The minimum atomic E-state index is -0.602. The van der Waals surface area contributed by atoms with Crippen LogP contribution in [0.25, 0.3) is 0 Å². The van der Waals surface area contributed by atoms with Crippen LogP contribution in [0, 0.1) is 0 Å². The van der Waals surface area contributed by atoms with E-state index in [1.165, 1.54) is 7.11 Å². The summed E-state index contributed by atoms with van der Waals surface area (Å²) in [5, 5.41) is 14.6. The van der Waals surface area contributed by atoms with E-state index >= 15 is 0 Å². The fraction of sp³-hybridized carbons (Fsp3) is 0.750. The van der Waals surface area contributed by atoms with Gasteiger partial charge in [0.15, 0.2) is 0 Å². The zero-order chi connectivity index (χ0) is 7.70. The Hall–Kier alpha value is 1.96. The van der Waals surface area contributed by atoms with Crippen LogP contribution in [-0.4, -0.2) is 117 Å². The number of rotatable bonds is 1. The number of halogens is 2. The number of aliphatic hydroxyl groups is 1. The van der Waals surface area contributed by atoms with Gasteiger partial charge in [0.1, 0.15) is 6.61 Å². The molecule has 0 atom stereocenters. The van der Waals surface area contributed by atoms with E-state index in [0.717, 1.165) is 0 Å². The molecule has 0 radical (unpaired) electrons. The summed E-state index contributed by atoms with van der Waals surface area (Å²) in [4.78, 5) is 17.9. The molecule has 0 aromatic heterocycles. The fourth-order valence-electron chi connectivity index (χ4n) is 0.0645. The van der Waals surface area contributed by atoms with E-state index in [-0.39, 0.29) is 135 Å². The van der Waals surface area contributed by atoms with Gasteiger partial charge in [-0.25, -0.2) is 4.79 Å². The molecule has 18 heavy (non-hydrogen) atoms. The van der Waals surface area contributed by atoms with Crippen molar-refractivity contribution in [1.82, 2.24) is 0 Å². The van der Waals surface area contributed by atoms with E-state index in [1.54, 1.807) is 0 Å². The molecule has 6 nitrogen and oxygen atoms in total. The van der Waals surface area contributed by atoms with E-state index in [2.05, 4.69) is 4.74 Å². The predicted molar refractivity (Wildman–Crippen MR) is 67.8 cm³/mol. The van der Waals surface area contributed by atoms with Crippen LogP contribution < -0.4 is 24.8 Å². The molecule has 0 aromatic carbocycles. The third-order valence-electron chi connectivity index (χ3n) is 0.357. The Morgan fingerprint density at radius 1 is 1.11 bits per heavy atom. The first-order valence-corrected chi connectivity index (χ1v) is 1.91. The van der Waals surface area contributed by atoms with Crippen LogP contribution >= 0.6 is 0 Å². The van der Waals surface area contributed by atoms with Crippen molar-refractivity contribution >= 4 is 87.9 Å². The molecule has 0 unspecified atom stereocenters. The summed E-state index contributed by atoms with van der Waals surface area (Å²) in [5.74, 6) is -0.602. The van der Waals surface area contributed by atoms with Crippen LogP contribution in [-0.2, 0) is 14.3 Å². The van der Waals surface area contributed by atoms with Gasteiger partial charge in [0.2, 0.25) is 0 Å². The first-order valence-electron chi connectivity index (χ1n) is 1.91. The van der Waals surface area contributed by atoms with E-state index in [9.17, 15) is 4.79 Å². The molecule has 0 bridgehead atoms. The SMILES string of the molecule is C.C.C.C.COC(=O)CO.O=[C-]O.[Ca+2].[Ca+2].[Cl-].[Cl-].[OH-]. The number of esters is 1. The van der Waals surface area contributed by atoms with Crippen molar-refractivity contribution in [2.45, 2.75) is 29.7 Å². The maximum atomic E-state index is 9.71. The molecule has 0 aromatic rings. The van der Waals surface area contributed by atoms with Gasteiger partial charge in [0.25, 0.3) is 0 Å². The molecule has 0 fully saturated rings. The normalized spacial score (nSPS) is 3.22. The molecule has 0 saturated carbocycles. The summed E-state index contributed by atoms with van der Waals surface area (Å²) >= 11 is 0. The summed E-state index contributed by atoms with van der Waals surface area (Å²) in [6, 6.07) is 0. The number of hydrogen-bond acceptors (Lipinski definition) is 5. The first kappa shape index (κ1) is 89.4. The predicted octanol–water partition coefficient (Wildman–Crippen LogP) is -5.62. The summed E-state index contributed by atoms with van der Waals surface area (Å²) in [7, 11) is 1.22. The van der Waals surface area contributed by atoms with Crippen molar-refractivity contribution in [3.8, 4) is 0 Å². The zero-order valence-electron chi connectivity index (χ0n) is 7.44. The second-order valence-corrected chi connectivity index (χ2v) is 0.826. The maximum Gasteiger partial charge on any atom is 2.00 e. The van der Waals surface area contributed by atoms with Crippen molar-refractivity contribution < 1.29 is 54.8 Å². The third-order valence-corrected chi connectivity index (χ3v) is 0.357. The van der Waals surface area contributed by atoms with Gasteiger partial charge in [0, 0.05) is 0 Å². The summed E-state index contributed by atoms with van der Waals surface area (Å²) in [6.07, 6.45) is 0. The topological polar surface area (TPSA) is 114 Å². The van der Waals surface area contributed by atoms with Gasteiger partial charge in [-0.1, -0.05) is 36.2 Å². The van der Waals surface area contributed by atoms with Crippen molar-refractivity contribution in [3.63, 3.8) is 0 Å². The molecule has 3 N–H and O–H groups in total. The molecule has 0 amide bonds. The average molecular weight is 367 g/mol. The Morgan fingerprint density at radius 2 is 1.28 bits per heavy atom. The van der Waals surface area contributed by atoms with E-state index in [0.29, 0.717) is 6.47 Å². The number of aliphatic hydroxyl groups excluding tert-OH is 2. The summed E-state index contributed by atoms with van der Waals surface area (Å²) in [6.45, 7) is -0.0312. The molecule has 0 saturated heterocycles. The molecule has 0 aliphatic heterocycles. The average Bonchev–Trinajstić information content (AvgIpc) is 1.88. The molecule has 0 rings (SSSR count). The van der Waals surface area contributed by atoms with Gasteiger partial charge in [-0.15, -0.1) is 0 Å². The molecule has 0 spiro atoms. The minimum Gasteiger partial charge on any atom is -1.00 e. The van der Waals surface area contributed by atoms with Gasteiger partial charge >= 0.3 is 81.4 Å². The van der Waals surface area contributed by atoms with Gasteiger partial charge in [-0.2, -0.15) is 0 Å². The molecular formula is C8H24Ca2Cl2O6. The monoisotopic (exact) mass is 366 g/mol. The van der Waals surface area contributed by atoms with Crippen molar-refractivity contribution in [2.24, 2.45) is 0 Å². The van der Waals surface area contributed by atoms with Crippen LogP contribution in [0.2, 0.25) is 0 Å². The Morgan fingerprint density at radius 3 is 1.28 bits per heavy atom. The van der Waals surface area contributed by atoms with Crippen LogP contribution in [0.5, 0.6) is 0 Å². The number of ether oxygens (including phenoxy) is 1. The zero-order valence-corrected chi connectivity index (χ0v) is 13.4. The van der Waals surface area contributed by atoms with E-state index in [4.69, 9.17) is 15.0 Å². The molecule has 10 heteroatoms. The number of carbonyl (C=O) groups is 1. The maximum absolute atomic E-state index is 9.71. The number of carbonyl (C=O) groups excluding carboxylic acids is 1. The van der Waals surface area contributed by atoms with Crippen LogP contribution in [0.15, 0.2) is 0 Å². The van der Waals surface area contributed by atoms with Crippen molar-refractivity contribution in [3.05, 3.63) is 0 Å². The van der Waals surface area contributed by atoms with Crippen molar-refractivity contribution in [2.75, 3.05) is 13.7 Å². The molecule has 0 heterocycles. The number of methoxy groups -OCH3 is 1. The second-order valence-electron chi connectivity index (χ2n) is 0.826. The summed E-state index contributed by atoms with van der Waals surface area (Å²) in [5.41, 5.74) is 0. The Balaban J connectivity index is -0.00000000428. The molecule has 0 aliphatic carbocycles. The quantitative estimate of drug-likeness (QED) is 0.271. The minimum absolute atomic E-state index is 0. The molecule has 110 valence electrons. The van der Waals surface area contributed by atoms with E-state index < -0.39 is 12.6 Å². The van der Waals surface area contributed by atoms with Crippen LogP contribution in [0.3, 0.4) is 0 Å².